The number of aromatic nitrogens is 2. The van der Waals surface area contributed by atoms with Crippen LogP contribution >= 0.6 is 0 Å². The van der Waals surface area contributed by atoms with E-state index in [0.717, 1.165) is 0 Å². The van der Waals surface area contributed by atoms with Gasteiger partial charge < -0.3 is 10.3 Å². The summed E-state index contributed by atoms with van der Waals surface area (Å²) >= 11 is 0. The van der Waals surface area contributed by atoms with Crippen molar-refractivity contribution < 1.29 is 8.91 Å². The minimum absolute atomic E-state index is 0.252. The van der Waals surface area contributed by atoms with E-state index in [0.29, 0.717) is 17.9 Å². The number of rotatable bonds is 3. The molecule has 0 saturated heterocycles. The average molecular weight is 235 g/mol. The lowest BCUT2D eigenvalue weighted by Gasteiger charge is -2.14. The van der Waals surface area contributed by atoms with Crippen molar-refractivity contribution in [2.24, 2.45) is 5.73 Å². The first-order valence-corrected chi connectivity index (χ1v) is 5.32. The second-order valence-electron chi connectivity index (χ2n) is 4.66. The van der Waals surface area contributed by atoms with Crippen molar-refractivity contribution in [2.45, 2.75) is 25.8 Å². The lowest BCUT2D eigenvalue weighted by Crippen LogP contribution is -2.34. The first-order valence-electron chi connectivity index (χ1n) is 5.32. The zero-order valence-corrected chi connectivity index (χ0v) is 9.77. The van der Waals surface area contributed by atoms with E-state index in [9.17, 15) is 4.39 Å². The molecule has 0 aliphatic carbocycles. The SMILES string of the molecule is CC(C)(N)Cc1nc(-c2ccccc2F)no1. The topological polar surface area (TPSA) is 64.9 Å². The molecule has 4 nitrogen and oxygen atoms in total. The quantitative estimate of drug-likeness (QED) is 0.885. The van der Waals surface area contributed by atoms with Gasteiger partial charge in [0.15, 0.2) is 0 Å². The fourth-order valence-corrected chi connectivity index (χ4v) is 1.47. The van der Waals surface area contributed by atoms with Crippen molar-refractivity contribution in [3.63, 3.8) is 0 Å². The Morgan fingerprint density at radius 2 is 2.06 bits per heavy atom. The largest absolute Gasteiger partial charge is 0.339 e. The van der Waals surface area contributed by atoms with Crippen LogP contribution < -0.4 is 5.73 Å². The standard InChI is InChI=1S/C12H14FN3O/c1-12(2,14)7-10-15-11(16-17-10)8-5-3-4-6-9(8)13/h3-6H,7,14H2,1-2H3. The first kappa shape index (κ1) is 11.7. The molecule has 1 heterocycles. The number of benzene rings is 1. The lowest BCUT2D eigenvalue weighted by atomic mass is 10.0. The minimum atomic E-state index is -0.432. The molecule has 0 unspecified atom stereocenters. The molecule has 0 saturated carbocycles. The zero-order valence-electron chi connectivity index (χ0n) is 9.77. The first-order chi connectivity index (χ1) is 7.96. The molecule has 5 heteroatoms. The maximum atomic E-state index is 13.5. The van der Waals surface area contributed by atoms with Crippen LogP contribution in [0.1, 0.15) is 19.7 Å². The van der Waals surface area contributed by atoms with Gasteiger partial charge >= 0.3 is 0 Å². The fraction of sp³-hybridized carbons (Fsp3) is 0.333. The van der Waals surface area contributed by atoms with E-state index in [1.165, 1.54) is 6.07 Å². The second kappa shape index (κ2) is 4.25. The van der Waals surface area contributed by atoms with Gasteiger partial charge in [0.1, 0.15) is 5.82 Å². The molecule has 0 bridgehead atoms. The van der Waals surface area contributed by atoms with Crippen molar-refractivity contribution in [1.29, 1.82) is 0 Å². The predicted octanol–water partition coefficient (Wildman–Crippen LogP) is 2.16. The Balaban J connectivity index is 2.28. The highest BCUT2D eigenvalue weighted by Crippen LogP contribution is 2.20. The van der Waals surface area contributed by atoms with E-state index >= 15 is 0 Å². The summed E-state index contributed by atoms with van der Waals surface area (Å²) in [6.45, 7) is 3.72. The van der Waals surface area contributed by atoms with Crippen LogP contribution in [-0.2, 0) is 6.42 Å². The second-order valence-corrected chi connectivity index (χ2v) is 4.66. The lowest BCUT2D eigenvalue weighted by molar-refractivity contribution is 0.348. The van der Waals surface area contributed by atoms with Crippen molar-refractivity contribution in [3.05, 3.63) is 36.0 Å². The molecule has 1 aromatic heterocycles. The van der Waals surface area contributed by atoms with Crippen LogP contribution in [0.4, 0.5) is 4.39 Å². The van der Waals surface area contributed by atoms with Crippen LogP contribution in [-0.4, -0.2) is 15.7 Å². The van der Waals surface area contributed by atoms with Crippen molar-refractivity contribution in [1.82, 2.24) is 10.1 Å². The van der Waals surface area contributed by atoms with Gasteiger partial charge in [-0.3, -0.25) is 0 Å². The Hall–Kier alpha value is -1.75. The third-order valence-corrected chi connectivity index (χ3v) is 2.19. The Labute approximate surface area is 98.6 Å². The van der Waals surface area contributed by atoms with Gasteiger partial charge in [-0.05, 0) is 26.0 Å². The number of nitrogens with two attached hydrogens (primary N) is 1. The number of nitrogens with zero attached hydrogens (tertiary/aromatic N) is 2. The number of hydrogen-bond acceptors (Lipinski definition) is 4. The van der Waals surface area contributed by atoms with E-state index in [2.05, 4.69) is 10.1 Å². The molecule has 17 heavy (non-hydrogen) atoms. The van der Waals surface area contributed by atoms with Gasteiger partial charge in [0.2, 0.25) is 11.7 Å². The normalized spacial score (nSPS) is 11.8. The molecule has 0 radical (unpaired) electrons. The van der Waals surface area contributed by atoms with Gasteiger partial charge in [-0.15, -0.1) is 0 Å². The fourth-order valence-electron chi connectivity index (χ4n) is 1.47. The predicted molar refractivity (Wildman–Crippen MR) is 61.7 cm³/mol. The summed E-state index contributed by atoms with van der Waals surface area (Å²) in [6, 6.07) is 6.31. The zero-order chi connectivity index (χ0) is 12.5. The highest BCUT2D eigenvalue weighted by atomic mass is 19.1. The Morgan fingerprint density at radius 1 is 1.35 bits per heavy atom. The van der Waals surface area contributed by atoms with Crippen molar-refractivity contribution >= 4 is 0 Å². The van der Waals surface area contributed by atoms with E-state index in [4.69, 9.17) is 10.3 Å². The Bertz CT molecular complexity index is 516. The third-order valence-electron chi connectivity index (χ3n) is 2.19. The summed E-state index contributed by atoms with van der Waals surface area (Å²) in [6.07, 6.45) is 0.453. The van der Waals surface area contributed by atoms with Crippen LogP contribution in [0.25, 0.3) is 11.4 Å². The van der Waals surface area contributed by atoms with Crippen molar-refractivity contribution in [2.75, 3.05) is 0 Å². The molecular formula is C12H14FN3O. The molecular weight excluding hydrogens is 221 g/mol. The minimum Gasteiger partial charge on any atom is -0.339 e. The molecule has 0 aliphatic rings. The van der Waals surface area contributed by atoms with Gasteiger partial charge in [0, 0.05) is 12.0 Å². The Kier molecular flexibility index (Phi) is 2.93. The van der Waals surface area contributed by atoms with Crippen LogP contribution in [0, 0.1) is 5.82 Å². The highest BCUT2D eigenvalue weighted by Gasteiger charge is 2.18. The van der Waals surface area contributed by atoms with E-state index in [1.807, 2.05) is 13.8 Å². The third kappa shape index (κ3) is 2.88. The maximum Gasteiger partial charge on any atom is 0.228 e. The van der Waals surface area contributed by atoms with Crippen LogP contribution in [0.2, 0.25) is 0 Å². The molecule has 0 spiro atoms. The molecule has 2 aromatic rings. The summed E-state index contributed by atoms with van der Waals surface area (Å²) in [4.78, 5) is 4.13. The number of hydrogen-bond donors (Lipinski definition) is 1. The van der Waals surface area contributed by atoms with Crippen LogP contribution in [0.3, 0.4) is 0 Å². The van der Waals surface area contributed by atoms with Crippen molar-refractivity contribution in [3.8, 4) is 11.4 Å². The summed E-state index contributed by atoms with van der Waals surface area (Å²) in [5, 5.41) is 3.75. The van der Waals surface area contributed by atoms with E-state index in [-0.39, 0.29) is 11.6 Å². The molecule has 0 atom stereocenters. The molecule has 2 N–H and O–H groups in total. The summed E-state index contributed by atoms with van der Waals surface area (Å²) in [7, 11) is 0. The highest BCUT2D eigenvalue weighted by molar-refractivity contribution is 5.54. The number of halogens is 1. The molecule has 2 rings (SSSR count). The van der Waals surface area contributed by atoms with E-state index < -0.39 is 5.54 Å². The summed E-state index contributed by atoms with van der Waals surface area (Å²) in [5.41, 5.74) is 5.74. The summed E-state index contributed by atoms with van der Waals surface area (Å²) < 4.78 is 18.5. The van der Waals surface area contributed by atoms with Crippen LogP contribution in [0.15, 0.2) is 28.8 Å². The van der Waals surface area contributed by atoms with Gasteiger partial charge in [0.05, 0.1) is 5.56 Å². The van der Waals surface area contributed by atoms with Gasteiger partial charge in [-0.25, -0.2) is 4.39 Å². The monoisotopic (exact) mass is 235 g/mol. The van der Waals surface area contributed by atoms with E-state index in [1.54, 1.807) is 18.2 Å². The average Bonchev–Trinajstić information content (AvgIpc) is 2.64. The van der Waals surface area contributed by atoms with Gasteiger partial charge in [-0.2, -0.15) is 4.98 Å². The molecule has 90 valence electrons. The maximum absolute atomic E-state index is 13.5. The Morgan fingerprint density at radius 3 is 2.71 bits per heavy atom. The van der Waals surface area contributed by atoms with Gasteiger partial charge in [0.25, 0.3) is 0 Å². The molecule has 0 aliphatic heterocycles. The molecule has 0 fully saturated rings. The molecule has 0 amide bonds. The van der Waals surface area contributed by atoms with Gasteiger partial charge in [-0.1, -0.05) is 17.3 Å². The summed E-state index contributed by atoms with van der Waals surface area (Å²) in [5.74, 6) is 0.296. The molecule has 1 aromatic carbocycles. The smallest absolute Gasteiger partial charge is 0.228 e. The van der Waals surface area contributed by atoms with Crippen LogP contribution in [0.5, 0.6) is 0 Å².